The molecule has 3 nitrogen and oxygen atoms in total. The van der Waals surface area contributed by atoms with E-state index in [-0.39, 0.29) is 11.3 Å². The standard InChI is InChI=1S/C17H22N2O/c1-13-6-7-15(11-14(13)5-4-9-18)16(20)19-10-8-17(2,3)12-19/h6-7,11H,8-10,12,18H2,1-3H3. The van der Waals surface area contributed by atoms with Gasteiger partial charge in [-0.1, -0.05) is 31.8 Å². The van der Waals surface area contributed by atoms with Gasteiger partial charge in [-0.2, -0.15) is 0 Å². The fourth-order valence-electron chi connectivity index (χ4n) is 2.50. The van der Waals surface area contributed by atoms with E-state index in [0.29, 0.717) is 6.54 Å². The summed E-state index contributed by atoms with van der Waals surface area (Å²) in [6.07, 6.45) is 1.06. The van der Waals surface area contributed by atoms with Crippen LogP contribution in [0.3, 0.4) is 0 Å². The number of aryl methyl sites for hydroxylation is 1. The molecule has 0 spiro atoms. The van der Waals surface area contributed by atoms with Gasteiger partial charge in [0.05, 0.1) is 6.54 Å². The average Bonchev–Trinajstić information content (AvgIpc) is 2.77. The number of benzene rings is 1. The Kier molecular flexibility index (Phi) is 4.15. The monoisotopic (exact) mass is 270 g/mol. The summed E-state index contributed by atoms with van der Waals surface area (Å²) in [5.74, 6) is 5.98. The summed E-state index contributed by atoms with van der Waals surface area (Å²) in [7, 11) is 0. The number of amides is 1. The van der Waals surface area contributed by atoms with Crippen molar-refractivity contribution < 1.29 is 4.79 Å². The van der Waals surface area contributed by atoms with Crippen molar-refractivity contribution in [2.45, 2.75) is 27.2 Å². The van der Waals surface area contributed by atoms with E-state index in [0.717, 1.165) is 36.2 Å². The van der Waals surface area contributed by atoms with E-state index in [4.69, 9.17) is 5.73 Å². The Balaban J connectivity index is 2.23. The first-order valence-corrected chi connectivity index (χ1v) is 7.02. The van der Waals surface area contributed by atoms with Crippen molar-refractivity contribution in [3.8, 4) is 11.8 Å². The van der Waals surface area contributed by atoms with Gasteiger partial charge >= 0.3 is 0 Å². The molecular weight excluding hydrogens is 248 g/mol. The van der Waals surface area contributed by atoms with Crippen molar-refractivity contribution in [1.29, 1.82) is 0 Å². The highest BCUT2D eigenvalue weighted by atomic mass is 16.2. The summed E-state index contributed by atoms with van der Waals surface area (Å²) in [6, 6.07) is 5.72. The zero-order valence-electron chi connectivity index (χ0n) is 12.5. The molecule has 1 aliphatic heterocycles. The number of nitrogens with two attached hydrogens (primary N) is 1. The topological polar surface area (TPSA) is 46.3 Å². The highest BCUT2D eigenvalue weighted by molar-refractivity contribution is 5.95. The Hall–Kier alpha value is -1.79. The average molecular weight is 270 g/mol. The predicted molar refractivity (Wildman–Crippen MR) is 81.4 cm³/mol. The van der Waals surface area contributed by atoms with E-state index < -0.39 is 0 Å². The predicted octanol–water partition coefficient (Wildman–Crippen LogP) is 2.18. The number of carbonyl (C=O) groups excluding carboxylic acids is 1. The molecule has 1 amide bonds. The normalized spacial score (nSPS) is 16.7. The molecule has 0 atom stereocenters. The molecule has 20 heavy (non-hydrogen) atoms. The fraction of sp³-hybridized carbons (Fsp3) is 0.471. The molecule has 1 heterocycles. The van der Waals surface area contributed by atoms with Crippen molar-refractivity contribution in [3.63, 3.8) is 0 Å². The molecule has 0 unspecified atom stereocenters. The van der Waals surface area contributed by atoms with Gasteiger partial charge in [0.15, 0.2) is 0 Å². The molecule has 0 saturated carbocycles. The lowest BCUT2D eigenvalue weighted by molar-refractivity contribution is 0.0778. The second-order valence-electron chi connectivity index (χ2n) is 6.18. The molecule has 1 aromatic carbocycles. The molecule has 0 radical (unpaired) electrons. The second kappa shape index (κ2) is 5.68. The largest absolute Gasteiger partial charge is 0.338 e. The molecule has 0 aliphatic carbocycles. The highest BCUT2D eigenvalue weighted by Crippen LogP contribution is 2.29. The van der Waals surface area contributed by atoms with Crippen LogP contribution in [0.15, 0.2) is 18.2 Å². The van der Waals surface area contributed by atoms with E-state index in [2.05, 4.69) is 25.7 Å². The van der Waals surface area contributed by atoms with E-state index in [9.17, 15) is 4.79 Å². The fourth-order valence-corrected chi connectivity index (χ4v) is 2.50. The third-order valence-corrected chi connectivity index (χ3v) is 3.77. The minimum Gasteiger partial charge on any atom is -0.338 e. The van der Waals surface area contributed by atoms with Gasteiger partial charge < -0.3 is 10.6 Å². The van der Waals surface area contributed by atoms with Crippen molar-refractivity contribution in [3.05, 3.63) is 34.9 Å². The van der Waals surface area contributed by atoms with E-state index in [1.807, 2.05) is 30.0 Å². The molecule has 0 bridgehead atoms. The quantitative estimate of drug-likeness (QED) is 0.795. The smallest absolute Gasteiger partial charge is 0.253 e. The zero-order valence-corrected chi connectivity index (χ0v) is 12.5. The number of carbonyl (C=O) groups is 1. The lowest BCUT2D eigenvalue weighted by Gasteiger charge is -2.20. The summed E-state index contributed by atoms with van der Waals surface area (Å²) in [5, 5.41) is 0. The van der Waals surface area contributed by atoms with Crippen LogP contribution in [0, 0.1) is 24.2 Å². The van der Waals surface area contributed by atoms with E-state index in [1.54, 1.807) is 0 Å². The van der Waals surface area contributed by atoms with Crippen LogP contribution in [0.25, 0.3) is 0 Å². The number of hydrogen-bond acceptors (Lipinski definition) is 2. The van der Waals surface area contributed by atoms with Gasteiger partial charge in [-0.15, -0.1) is 0 Å². The maximum atomic E-state index is 12.5. The summed E-state index contributed by atoms with van der Waals surface area (Å²) in [4.78, 5) is 14.5. The van der Waals surface area contributed by atoms with Crippen molar-refractivity contribution >= 4 is 5.91 Å². The maximum absolute atomic E-state index is 12.5. The molecule has 1 fully saturated rings. The third kappa shape index (κ3) is 3.20. The van der Waals surface area contributed by atoms with Crippen molar-refractivity contribution in [1.82, 2.24) is 4.90 Å². The first-order valence-electron chi connectivity index (χ1n) is 7.02. The second-order valence-corrected chi connectivity index (χ2v) is 6.18. The van der Waals surface area contributed by atoms with Gasteiger partial charge in [0, 0.05) is 24.2 Å². The molecule has 3 heteroatoms. The van der Waals surface area contributed by atoms with Gasteiger partial charge in [0.25, 0.3) is 5.91 Å². The van der Waals surface area contributed by atoms with Gasteiger partial charge in [0.2, 0.25) is 0 Å². The highest BCUT2D eigenvalue weighted by Gasteiger charge is 2.32. The molecule has 106 valence electrons. The van der Waals surface area contributed by atoms with Crippen LogP contribution in [-0.2, 0) is 0 Å². The van der Waals surface area contributed by atoms with Crippen LogP contribution in [0.2, 0.25) is 0 Å². The number of likely N-dealkylation sites (tertiary alicyclic amines) is 1. The minimum atomic E-state index is 0.103. The number of rotatable bonds is 1. The van der Waals surface area contributed by atoms with Crippen LogP contribution in [0.1, 0.15) is 41.8 Å². The van der Waals surface area contributed by atoms with Crippen molar-refractivity contribution in [2.24, 2.45) is 11.1 Å². The van der Waals surface area contributed by atoms with E-state index in [1.165, 1.54) is 0 Å². The molecule has 2 N–H and O–H groups in total. The Morgan fingerprint density at radius 3 is 2.80 bits per heavy atom. The summed E-state index contributed by atoms with van der Waals surface area (Å²) < 4.78 is 0. The molecule has 1 saturated heterocycles. The third-order valence-electron chi connectivity index (χ3n) is 3.77. The molecule has 0 aromatic heterocycles. The maximum Gasteiger partial charge on any atom is 0.253 e. The van der Waals surface area contributed by atoms with Gasteiger partial charge in [0.1, 0.15) is 0 Å². The first kappa shape index (κ1) is 14.6. The number of nitrogens with zero attached hydrogens (tertiary/aromatic N) is 1. The molecule has 1 aromatic rings. The van der Waals surface area contributed by atoms with Crippen LogP contribution in [0.4, 0.5) is 0 Å². The Morgan fingerprint density at radius 1 is 1.45 bits per heavy atom. The van der Waals surface area contributed by atoms with Crippen LogP contribution in [0.5, 0.6) is 0 Å². The number of hydrogen-bond donors (Lipinski definition) is 1. The summed E-state index contributed by atoms with van der Waals surface area (Å²) in [6.45, 7) is 8.39. The van der Waals surface area contributed by atoms with Crippen LogP contribution < -0.4 is 5.73 Å². The van der Waals surface area contributed by atoms with Gasteiger partial charge in [-0.05, 0) is 36.5 Å². The Labute approximate surface area is 121 Å². The summed E-state index contributed by atoms with van der Waals surface area (Å²) >= 11 is 0. The van der Waals surface area contributed by atoms with Gasteiger partial charge in [-0.3, -0.25) is 4.79 Å². The minimum absolute atomic E-state index is 0.103. The first-order chi connectivity index (χ1) is 9.43. The van der Waals surface area contributed by atoms with Crippen molar-refractivity contribution in [2.75, 3.05) is 19.6 Å². The van der Waals surface area contributed by atoms with E-state index >= 15 is 0 Å². The van der Waals surface area contributed by atoms with Crippen LogP contribution in [-0.4, -0.2) is 30.4 Å². The zero-order chi connectivity index (χ0) is 14.8. The lowest BCUT2D eigenvalue weighted by Crippen LogP contribution is -2.30. The van der Waals surface area contributed by atoms with Crippen LogP contribution >= 0.6 is 0 Å². The molecule has 2 rings (SSSR count). The molecule has 1 aliphatic rings. The SMILES string of the molecule is Cc1ccc(C(=O)N2CCC(C)(C)C2)cc1C#CCN. The van der Waals surface area contributed by atoms with Gasteiger partial charge in [-0.25, -0.2) is 0 Å². The lowest BCUT2D eigenvalue weighted by atomic mass is 9.93. The Bertz CT molecular complexity index is 578. The Morgan fingerprint density at radius 2 is 2.20 bits per heavy atom. The summed E-state index contributed by atoms with van der Waals surface area (Å²) in [5.41, 5.74) is 8.31. The molecular formula is C17H22N2O.